The van der Waals surface area contributed by atoms with Crippen LogP contribution in [-0.2, 0) is 0 Å². The van der Waals surface area contributed by atoms with Crippen LogP contribution in [0, 0.1) is 16.0 Å². The Labute approximate surface area is 192 Å². The van der Waals surface area contributed by atoms with Gasteiger partial charge in [0.15, 0.2) is 5.69 Å². The highest BCUT2D eigenvalue weighted by Crippen LogP contribution is 2.39. The summed E-state index contributed by atoms with van der Waals surface area (Å²) in [5.41, 5.74) is 8.80. The molecule has 2 atom stereocenters. The molecule has 2 unspecified atom stereocenters. The molecule has 1 saturated carbocycles. The van der Waals surface area contributed by atoms with Crippen LogP contribution in [0.2, 0.25) is 0 Å². The van der Waals surface area contributed by atoms with Crippen molar-refractivity contribution >= 4 is 28.2 Å². The van der Waals surface area contributed by atoms with Crippen molar-refractivity contribution in [3.05, 3.63) is 40.7 Å². The Balaban J connectivity index is 1.57. The molecule has 3 aromatic rings. The Morgan fingerprint density at radius 2 is 2.03 bits per heavy atom. The lowest BCUT2D eigenvalue weighted by Crippen LogP contribution is -2.28. The molecule has 0 radical (unpaired) electrons. The van der Waals surface area contributed by atoms with Gasteiger partial charge in [-0.1, -0.05) is 25.3 Å². The van der Waals surface area contributed by atoms with Gasteiger partial charge in [0.25, 0.3) is 0 Å². The predicted octanol–water partition coefficient (Wildman–Crippen LogP) is 4.30. The van der Waals surface area contributed by atoms with E-state index in [9.17, 15) is 15.2 Å². The Kier molecular flexibility index (Phi) is 5.65. The number of aromatic nitrogens is 3. The van der Waals surface area contributed by atoms with Crippen LogP contribution in [-0.4, -0.2) is 43.8 Å². The third-order valence-corrected chi connectivity index (χ3v) is 7.22. The summed E-state index contributed by atoms with van der Waals surface area (Å²) in [5, 5.41) is 21.5. The van der Waals surface area contributed by atoms with Crippen LogP contribution >= 0.6 is 0 Å². The third kappa shape index (κ3) is 3.90. The molecule has 0 spiro atoms. The largest absolute Gasteiger partial charge is 0.396 e. The molecule has 0 amide bonds. The van der Waals surface area contributed by atoms with Crippen LogP contribution in [0.5, 0.6) is 0 Å². The van der Waals surface area contributed by atoms with E-state index in [1.165, 1.54) is 19.3 Å². The number of imidazole rings is 1. The molecule has 1 aliphatic carbocycles. The molecule has 1 aromatic carbocycles. The first kappa shape index (κ1) is 21.6. The van der Waals surface area contributed by atoms with Gasteiger partial charge in [0.1, 0.15) is 11.5 Å². The van der Waals surface area contributed by atoms with Gasteiger partial charge in [0, 0.05) is 42.8 Å². The fraction of sp³-hybridized carbons (Fsp3) is 0.500. The van der Waals surface area contributed by atoms with Crippen LogP contribution in [0.3, 0.4) is 0 Å². The second-order valence-electron chi connectivity index (χ2n) is 9.46. The fourth-order valence-corrected chi connectivity index (χ4v) is 5.51. The number of rotatable bonds is 5. The van der Waals surface area contributed by atoms with E-state index in [0.29, 0.717) is 24.0 Å². The highest BCUT2D eigenvalue weighted by molar-refractivity contribution is 5.87. The topological polar surface area (TPSA) is 123 Å². The maximum atomic E-state index is 11.9. The average molecular weight is 451 g/mol. The first-order valence-electron chi connectivity index (χ1n) is 11.8. The Bertz CT molecular complexity index is 1190. The molecule has 5 rings (SSSR count). The molecule has 174 valence electrons. The summed E-state index contributed by atoms with van der Waals surface area (Å²) in [4.78, 5) is 22.8. The number of nitrogens with two attached hydrogens (primary N) is 1. The molecule has 1 aliphatic heterocycles. The molecule has 2 aliphatic rings. The number of hydrogen-bond acceptors (Lipinski definition) is 7. The first-order valence-corrected chi connectivity index (χ1v) is 11.8. The summed E-state index contributed by atoms with van der Waals surface area (Å²) in [6.07, 6.45) is 8.79. The van der Waals surface area contributed by atoms with E-state index in [4.69, 9.17) is 10.7 Å². The molecule has 3 heterocycles. The van der Waals surface area contributed by atoms with Gasteiger partial charge >= 0.3 is 5.69 Å². The predicted molar refractivity (Wildman–Crippen MR) is 128 cm³/mol. The van der Waals surface area contributed by atoms with Crippen LogP contribution in [0.25, 0.3) is 22.3 Å². The minimum atomic E-state index is -0.462. The molecule has 9 heteroatoms. The van der Waals surface area contributed by atoms with Gasteiger partial charge in [0.05, 0.1) is 22.3 Å². The van der Waals surface area contributed by atoms with Crippen LogP contribution in [0.15, 0.2) is 30.6 Å². The average Bonchev–Trinajstić information content (AvgIpc) is 3.41. The molecule has 33 heavy (non-hydrogen) atoms. The highest BCUT2D eigenvalue weighted by atomic mass is 16.6. The summed E-state index contributed by atoms with van der Waals surface area (Å²) in [5.74, 6) is 0.756. The van der Waals surface area contributed by atoms with Crippen molar-refractivity contribution in [2.24, 2.45) is 5.92 Å². The molecular weight excluding hydrogens is 420 g/mol. The number of nitrogens with zero attached hydrogens (tertiary/aromatic N) is 5. The fourth-order valence-electron chi connectivity index (χ4n) is 5.51. The first-order chi connectivity index (χ1) is 16.0. The van der Waals surface area contributed by atoms with Crippen LogP contribution in [0.4, 0.5) is 17.2 Å². The van der Waals surface area contributed by atoms with Crippen LogP contribution in [0.1, 0.15) is 51.5 Å². The van der Waals surface area contributed by atoms with E-state index in [0.717, 1.165) is 30.3 Å². The molecule has 0 bridgehead atoms. The summed E-state index contributed by atoms with van der Waals surface area (Å²) in [7, 11) is 0. The standard InChI is InChI=1S/C24H30N6O3/c1-15-9-16(13-31)12-28(15)22-11-19(25)24(30(32)33)23(27-22)17-7-8-21-20(10-17)26-14-29(21)18-5-3-2-4-6-18/h7-8,10-11,14-16,18,31H,2-6,9,12-13H2,1H3,(H2,25,27). The molecule has 2 fully saturated rings. The summed E-state index contributed by atoms with van der Waals surface area (Å²) >= 11 is 0. The number of aliphatic hydroxyl groups excluding tert-OH is 1. The number of fused-ring (bicyclic) bond motifs is 1. The minimum Gasteiger partial charge on any atom is -0.396 e. The van der Waals surface area contributed by atoms with Crippen LogP contribution < -0.4 is 10.6 Å². The van der Waals surface area contributed by atoms with Gasteiger partial charge in [-0.3, -0.25) is 10.1 Å². The van der Waals surface area contributed by atoms with Crippen molar-refractivity contribution in [3.8, 4) is 11.3 Å². The van der Waals surface area contributed by atoms with Crippen molar-refractivity contribution in [2.45, 2.75) is 57.5 Å². The Morgan fingerprint density at radius 1 is 1.24 bits per heavy atom. The van der Waals surface area contributed by atoms with Crippen molar-refractivity contribution in [2.75, 3.05) is 23.8 Å². The van der Waals surface area contributed by atoms with Gasteiger partial charge in [-0.25, -0.2) is 9.97 Å². The lowest BCUT2D eigenvalue weighted by molar-refractivity contribution is -0.383. The third-order valence-electron chi connectivity index (χ3n) is 7.22. The zero-order chi connectivity index (χ0) is 23.1. The summed E-state index contributed by atoms with van der Waals surface area (Å²) in [6, 6.07) is 7.94. The lowest BCUT2D eigenvalue weighted by Gasteiger charge is -2.24. The van der Waals surface area contributed by atoms with E-state index in [2.05, 4.69) is 21.4 Å². The number of nitrogen functional groups attached to an aromatic ring is 1. The van der Waals surface area contributed by atoms with Gasteiger partial charge in [0.2, 0.25) is 0 Å². The molecule has 1 saturated heterocycles. The Hall–Kier alpha value is -3.20. The van der Waals surface area contributed by atoms with Gasteiger partial charge in [-0.15, -0.1) is 0 Å². The van der Waals surface area contributed by atoms with E-state index in [1.807, 2.05) is 24.5 Å². The zero-order valence-electron chi connectivity index (χ0n) is 18.9. The molecule has 9 nitrogen and oxygen atoms in total. The van der Waals surface area contributed by atoms with Crippen molar-refractivity contribution < 1.29 is 10.0 Å². The SMILES string of the molecule is CC1CC(CO)CN1c1cc(N)c([N+](=O)[O-])c(-c2ccc3c(c2)ncn3C2CCCCC2)n1. The molecule has 3 N–H and O–H groups in total. The summed E-state index contributed by atoms with van der Waals surface area (Å²) in [6.45, 7) is 2.82. The van der Waals surface area contributed by atoms with Gasteiger partial charge in [-0.05, 0) is 38.3 Å². The Morgan fingerprint density at radius 3 is 2.73 bits per heavy atom. The van der Waals surface area contributed by atoms with E-state index in [1.54, 1.807) is 6.07 Å². The monoisotopic (exact) mass is 450 g/mol. The van der Waals surface area contributed by atoms with Crippen molar-refractivity contribution in [3.63, 3.8) is 0 Å². The number of pyridine rings is 1. The maximum absolute atomic E-state index is 11.9. The van der Waals surface area contributed by atoms with E-state index in [-0.39, 0.29) is 35.6 Å². The number of benzene rings is 1. The lowest BCUT2D eigenvalue weighted by atomic mass is 9.95. The van der Waals surface area contributed by atoms with E-state index >= 15 is 0 Å². The second-order valence-corrected chi connectivity index (χ2v) is 9.46. The number of aliphatic hydroxyl groups is 1. The molecular formula is C24H30N6O3. The van der Waals surface area contributed by atoms with Crippen molar-refractivity contribution in [1.29, 1.82) is 0 Å². The van der Waals surface area contributed by atoms with Gasteiger partial charge in [-0.2, -0.15) is 0 Å². The zero-order valence-corrected chi connectivity index (χ0v) is 18.9. The van der Waals surface area contributed by atoms with Gasteiger partial charge < -0.3 is 20.3 Å². The maximum Gasteiger partial charge on any atom is 0.318 e. The normalized spacial score (nSPS) is 21.7. The van der Waals surface area contributed by atoms with Crippen molar-refractivity contribution in [1.82, 2.24) is 14.5 Å². The second kappa shape index (κ2) is 8.62. The number of anilines is 2. The summed E-state index contributed by atoms with van der Waals surface area (Å²) < 4.78 is 2.24. The number of hydrogen-bond donors (Lipinski definition) is 2. The quantitative estimate of drug-likeness (QED) is 0.439. The minimum absolute atomic E-state index is 0.0903. The number of nitro groups is 1. The molecule has 2 aromatic heterocycles. The highest BCUT2D eigenvalue weighted by Gasteiger charge is 2.32. The smallest absolute Gasteiger partial charge is 0.318 e. The van der Waals surface area contributed by atoms with E-state index < -0.39 is 4.92 Å².